The van der Waals surface area contributed by atoms with Crippen LogP contribution in [0.1, 0.15) is 12.6 Å². The molecular weight excluding hydrogens is 392 g/mol. The number of halogens is 2. The molecule has 1 amide bonds. The molecule has 2 aromatic carbocycles. The number of aliphatic hydroxyl groups excluding tert-OH is 1. The molecule has 3 aromatic rings. The van der Waals surface area contributed by atoms with E-state index in [1.165, 1.54) is 23.7 Å². The van der Waals surface area contributed by atoms with E-state index in [9.17, 15) is 18.7 Å². The maximum absolute atomic E-state index is 14.6. The number of carbonyl (C=O) groups is 1. The molecule has 1 unspecified atom stereocenters. The van der Waals surface area contributed by atoms with Crippen LogP contribution in [0.4, 0.5) is 14.5 Å². The number of nitrogens with zero attached hydrogens (tertiary/aromatic N) is 2. The molecule has 2 heterocycles. The van der Waals surface area contributed by atoms with Crippen LogP contribution in [-0.4, -0.2) is 39.7 Å². The highest BCUT2D eigenvalue weighted by Gasteiger charge is 2.28. The largest absolute Gasteiger partial charge is 0.482 e. The zero-order chi connectivity index (χ0) is 21.5. The molecule has 0 saturated carbocycles. The average Bonchev–Trinajstić information content (AvgIpc) is 3.03. The molecule has 1 atom stereocenters. The molecule has 0 aliphatic carbocycles. The Kier molecular flexibility index (Phi) is 5.03. The number of aromatic nitrogens is 2. The number of carbonyl (C=O) groups excluding carboxylic acids is 1. The molecule has 0 radical (unpaired) electrons. The van der Waals surface area contributed by atoms with E-state index in [4.69, 9.17) is 4.74 Å². The zero-order valence-corrected chi connectivity index (χ0v) is 16.6. The molecule has 2 N–H and O–H groups in total. The lowest BCUT2D eigenvalue weighted by Gasteiger charge is -2.20. The predicted molar refractivity (Wildman–Crippen MR) is 109 cm³/mol. The number of nitrogens with one attached hydrogen (secondary N) is 1. The van der Waals surface area contributed by atoms with E-state index in [1.54, 1.807) is 31.2 Å². The Bertz CT molecular complexity index is 1110. The molecule has 156 valence electrons. The van der Waals surface area contributed by atoms with Gasteiger partial charge in [-0.25, -0.2) is 8.78 Å². The monoisotopic (exact) mass is 413 g/mol. The maximum Gasteiger partial charge on any atom is 0.262 e. The summed E-state index contributed by atoms with van der Waals surface area (Å²) in [6, 6.07) is 11.2. The van der Waals surface area contributed by atoms with Crippen LogP contribution >= 0.6 is 0 Å². The number of alkyl halides is 1. The van der Waals surface area contributed by atoms with E-state index in [-0.39, 0.29) is 24.9 Å². The van der Waals surface area contributed by atoms with Gasteiger partial charge in [-0.3, -0.25) is 9.48 Å². The minimum absolute atomic E-state index is 0.0413. The summed E-state index contributed by atoms with van der Waals surface area (Å²) in [5.41, 5.74) is 1.98. The average molecular weight is 413 g/mol. The van der Waals surface area contributed by atoms with Crippen molar-refractivity contribution >= 4 is 11.6 Å². The van der Waals surface area contributed by atoms with Crippen LogP contribution < -0.4 is 10.1 Å². The van der Waals surface area contributed by atoms with Crippen molar-refractivity contribution in [1.29, 1.82) is 0 Å². The Morgan fingerprint density at radius 2 is 1.93 bits per heavy atom. The Morgan fingerprint density at radius 3 is 2.63 bits per heavy atom. The van der Waals surface area contributed by atoms with Crippen molar-refractivity contribution in [2.45, 2.75) is 26.1 Å². The van der Waals surface area contributed by atoms with Gasteiger partial charge in [-0.15, -0.1) is 0 Å². The topological polar surface area (TPSA) is 76.4 Å². The molecule has 30 heavy (non-hydrogen) atoms. The maximum atomic E-state index is 14.6. The number of hydrogen-bond donors (Lipinski definition) is 2. The van der Waals surface area contributed by atoms with E-state index >= 15 is 0 Å². The first-order valence-corrected chi connectivity index (χ1v) is 9.47. The first kappa shape index (κ1) is 20.0. The van der Waals surface area contributed by atoms with Gasteiger partial charge >= 0.3 is 0 Å². The van der Waals surface area contributed by atoms with E-state index in [0.717, 1.165) is 11.1 Å². The van der Waals surface area contributed by atoms with Gasteiger partial charge in [-0.1, -0.05) is 6.07 Å². The third-order valence-electron chi connectivity index (χ3n) is 4.96. The normalized spacial score (nSPS) is 15.2. The van der Waals surface area contributed by atoms with Crippen molar-refractivity contribution in [1.82, 2.24) is 9.78 Å². The van der Waals surface area contributed by atoms with Gasteiger partial charge in [0.15, 0.2) is 12.3 Å². The van der Waals surface area contributed by atoms with Gasteiger partial charge in [0.2, 0.25) is 0 Å². The van der Waals surface area contributed by atoms with E-state index in [1.807, 2.05) is 6.07 Å². The highest BCUT2D eigenvalue weighted by molar-refractivity contribution is 5.97. The SMILES string of the molecule is Cc1nn(CC(C)(F)CO)c(-c2ccc(F)cc2)c1-c1ccc2c(c1)NC(=O)CO2. The number of amides is 1. The predicted octanol–water partition coefficient (Wildman–Crippen LogP) is 3.72. The summed E-state index contributed by atoms with van der Waals surface area (Å²) in [5.74, 6) is -0.0762. The Labute approximate surface area is 172 Å². The summed E-state index contributed by atoms with van der Waals surface area (Å²) in [6.45, 7) is 2.21. The van der Waals surface area contributed by atoms with Crippen molar-refractivity contribution in [2.24, 2.45) is 0 Å². The highest BCUT2D eigenvalue weighted by atomic mass is 19.1. The summed E-state index contributed by atoms with van der Waals surface area (Å²) in [5, 5.41) is 16.7. The number of benzene rings is 2. The summed E-state index contributed by atoms with van der Waals surface area (Å²) < 4.78 is 35.1. The summed E-state index contributed by atoms with van der Waals surface area (Å²) in [7, 11) is 0. The molecule has 4 rings (SSSR count). The molecule has 0 bridgehead atoms. The fourth-order valence-electron chi connectivity index (χ4n) is 3.54. The van der Waals surface area contributed by atoms with Gasteiger partial charge in [0.05, 0.1) is 30.2 Å². The van der Waals surface area contributed by atoms with Crippen molar-refractivity contribution in [3.63, 3.8) is 0 Å². The standard InChI is InChI=1S/C22H21F2N3O3/c1-13-20(15-5-8-18-17(9-15)25-19(29)10-30-18)21(14-3-6-16(23)7-4-14)27(26-13)11-22(2,24)12-28/h3-9,28H,10-12H2,1-2H3,(H,25,29). The smallest absolute Gasteiger partial charge is 0.262 e. The second-order valence-electron chi connectivity index (χ2n) is 7.59. The van der Waals surface area contributed by atoms with Gasteiger partial charge in [0.1, 0.15) is 11.6 Å². The molecule has 1 aliphatic heterocycles. The fraction of sp³-hybridized carbons (Fsp3) is 0.273. The van der Waals surface area contributed by atoms with E-state index in [2.05, 4.69) is 10.4 Å². The second kappa shape index (κ2) is 7.53. The Morgan fingerprint density at radius 1 is 1.23 bits per heavy atom. The number of aliphatic hydroxyl groups is 1. The van der Waals surface area contributed by atoms with E-state index < -0.39 is 12.3 Å². The van der Waals surface area contributed by atoms with Crippen molar-refractivity contribution < 1.29 is 23.4 Å². The summed E-state index contributed by atoms with van der Waals surface area (Å²) in [6.07, 6.45) is 0. The number of anilines is 1. The molecule has 8 heteroatoms. The van der Waals surface area contributed by atoms with Gasteiger partial charge in [0, 0.05) is 11.1 Å². The lowest BCUT2D eigenvalue weighted by molar-refractivity contribution is -0.118. The molecule has 6 nitrogen and oxygen atoms in total. The van der Waals surface area contributed by atoms with E-state index in [0.29, 0.717) is 28.4 Å². The van der Waals surface area contributed by atoms with Crippen molar-refractivity contribution in [3.8, 4) is 28.1 Å². The summed E-state index contributed by atoms with van der Waals surface area (Å²) in [4.78, 5) is 11.7. The van der Waals surface area contributed by atoms with Crippen LogP contribution in [0.3, 0.4) is 0 Å². The number of aryl methyl sites for hydroxylation is 1. The van der Waals surface area contributed by atoms with Crippen molar-refractivity contribution in [2.75, 3.05) is 18.5 Å². The zero-order valence-electron chi connectivity index (χ0n) is 16.6. The van der Waals surface area contributed by atoms with Crippen LogP contribution in [0.2, 0.25) is 0 Å². The van der Waals surface area contributed by atoms with Gasteiger partial charge in [0.25, 0.3) is 5.91 Å². The molecular formula is C22H21F2N3O3. The minimum Gasteiger partial charge on any atom is -0.482 e. The fourth-order valence-corrected chi connectivity index (χ4v) is 3.54. The number of ether oxygens (including phenoxy) is 1. The number of hydrogen-bond acceptors (Lipinski definition) is 4. The summed E-state index contributed by atoms with van der Waals surface area (Å²) >= 11 is 0. The van der Waals surface area contributed by atoms with Gasteiger partial charge in [-0.05, 0) is 55.8 Å². The van der Waals surface area contributed by atoms with Gasteiger partial charge in [-0.2, -0.15) is 5.10 Å². The quantitative estimate of drug-likeness (QED) is 0.669. The second-order valence-corrected chi connectivity index (χ2v) is 7.59. The first-order chi connectivity index (χ1) is 14.3. The van der Waals surface area contributed by atoms with Crippen LogP contribution in [0, 0.1) is 12.7 Å². The lowest BCUT2D eigenvalue weighted by atomic mass is 9.97. The molecule has 0 saturated heterocycles. The minimum atomic E-state index is -1.89. The van der Waals surface area contributed by atoms with Gasteiger partial charge < -0.3 is 15.2 Å². The van der Waals surface area contributed by atoms with Crippen LogP contribution in [0.5, 0.6) is 5.75 Å². The Balaban J connectivity index is 1.89. The number of fused-ring (bicyclic) bond motifs is 1. The van der Waals surface area contributed by atoms with Crippen LogP contribution in [-0.2, 0) is 11.3 Å². The lowest BCUT2D eigenvalue weighted by Crippen LogP contribution is -2.30. The Hall–Kier alpha value is -3.26. The third-order valence-corrected chi connectivity index (χ3v) is 4.96. The first-order valence-electron chi connectivity index (χ1n) is 9.47. The van der Waals surface area contributed by atoms with Crippen LogP contribution in [0.15, 0.2) is 42.5 Å². The molecule has 1 aromatic heterocycles. The van der Waals surface area contributed by atoms with Crippen LogP contribution in [0.25, 0.3) is 22.4 Å². The molecule has 0 spiro atoms. The third kappa shape index (κ3) is 3.78. The molecule has 0 fully saturated rings. The molecule has 1 aliphatic rings. The van der Waals surface area contributed by atoms with Crippen molar-refractivity contribution in [3.05, 3.63) is 54.0 Å². The highest BCUT2D eigenvalue weighted by Crippen LogP contribution is 2.39. The number of rotatable bonds is 5.